The molecule has 0 amide bonds. The molecule has 1 aromatic carbocycles. The van der Waals surface area contributed by atoms with Crippen LogP contribution >= 0.6 is 0 Å². The number of nitrogens with one attached hydrogen (secondary N) is 1. The van der Waals surface area contributed by atoms with Crippen molar-refractivity contribution in [3.05, 3.63) is 53.9 Å². The van der Waals surface area contributed by atoms with Gasteiger partial charge in [-0.05, 0) is 30.3 Å². The van der Waals surface area contributed by atoms with Crippen molar-refractivity contribution in [2.75, 3.05) is 13.7 Å². The van der Waals surface area contributed by atoms with Crippen molar-refractivity contribution in [3.8, 4) is 11.5 Å². The number of benzene rings is 1. The van der Waals surface area contributed by atoms with Crippen molar-refractivity contribution < 1.29 is 9.47 Å². The Hall–Kier alpha value is -2.07. The molecule has 0 atom stereocenters. The first-order chi connectivity index (χ1) is 9.83. The Bertz CT molecular complexity index is 544. The number of pyridine rings is 1. The Labute approximate surface area is 119 Å². The molecule has 106 valence electrons. The van der Waals surface area contributed by atoms with E-state index >= 15 is 0 Å². The van der Waals surface area contributed by atoms with Crippen molar-refractivity contribution in [2.24, 2.45) is 0 Å². The van der Waals surface area contributed by atoms with E-state index in [9.17, 15) is 0 Å². The third-order valence-electron chi connectivity index (χ3n) is 2.95. The monoisotopic (exact) mass is 272 g/mol. The van der Waals surface area contributed by atoms with Gasteiger partial charge in [-0.15, -0.1) is 0 Å². The van der Waals surface area contributed by atoms with E-state index in [2.05, 4.69) is 17.2 Å². The molecule has 0 spiro atoms. The first kappa shape index (κ1) is 14.3. The summed E-state index contributed by atoms with van der Waals surface area (Å²) >= 11 is 0. The normalized spacial score (nSPS) is 10.3. The highest BCUT2D eigenvalue weighted by molar-refractivity contribution is 5.32. The maximum absolute atomic E-state index is 5.88. The maximum atomic E-state index is 5.88. The zero-order chi connectivity index (χ0) is 14.2. The van der Waals surface area contributed by atoms with Crippen molar-refractivity contribution in [3.63, 3.8) is 0 Å². The molecule has 2 aromatic rings. The van der Waals surface area contributed by atoms with E-state index in [1.165, 1.54) is 0 Å². The van der Waals surface area contributed by atoms with Gasteiger partial charge in [0.25, 0.3) is 0 Å². The fourth-order valence-corrected chi connectivity index (χ4v) is 1.87. The molecule has 1 N–H and O–H groups in total. The van der Waals surface area contributed by atoms with Gasteiger partial charge < -0.3 is 14.8 Å². The van der Waals surface area contributed by atoms with Gasteiger partial charge in [-0.3, -0.25) is 4.98 Å². The fraction of sp³-hybridized carbons (Fsp3) is 0.312. The first-order valence-corrected chi connectivity index (χ1v) is 6.72. The molecule has 0 unspecified atom stereocenters. The lowest BCUT2D eigenvalue weighted by Gasteiger charge is -2.11. The van der Waals surface area contributed by atoms with E-state index in [4.69, 9.17) is 9.47 Å². The Kier molecular flexibility index (Phi) is 5.38. The minimum absolute atomic E-state index is 0.514. The van der Waals surface area contributed by atoms with Crippen LogP contribution in [0.1, 0.15) is 18.1 Å². The van der Waals surface area contributed by atoms with E-state index in [0.29, 0.717) is 6.61 Å². The van der Waals surface area contributed by atoms with Crippen molar-refractivity contribution in [2.45, 2.75) is 20.1 Å². The summed E-state index contributed by atoms with van der Waals surface area (Å²) in [6.45, 7) is 4.27. The zero-order valence-electron chi connectivity index (χ0n) is 11.9. The Morgan fingerprint density at radius 1 is 1.25 bits per heavy atom. The van der Waals surface area contributed by atoms with Crippen LogP contribution in [0.3, 0.4) is 0 Å². The van der Waals surface area contributed by atoms with Crippen molar-refractivity contribution >= 4 is 0 Å². The van der Waals surface area contributed by atoms with Crippen LogP contribution < -0.4 is 14.8 Å². The molecule has 4 nitrogen and oxygen atoms in total. The van der Waals surface area contributed by atoms with Gasteiger partial charge in [0.05, 0.1) is 7.11 Å². The maximum Gasteiger partial charge on any atom is 0.127 e. The van der Waals surface area contributed by atoms with Crippen LogP contribution in [-0.2, 0) is 13.2 Å². The number of hydrogen-bond donors (Lipinski definition) is 1. The van der Waals surface area contributed by atoms with Crippen LogP contribution in [0.5, 0.6) is 11.5 Å². The molecule has 0 aliphatic carbocycles. The number of hydrogen-bond acceptors (Lipinski definition) is 4. The number of nitrogens with zero attached hydrogens (tertiary/aromatic N) is 1. The van der Waals surface area contributed by atoms with E-state index in [-0.39, 0.29) is 0 Å². The molecule has 0 saturated carbocycles. The van der Waals surface area contributed by atoms with E-state index < -0.39 is 0 Å². The number of aromatic nitrogens is 1. The average molecular weight is 272 g/mol. The molecule has 0 fully saturated rings. The summed E-state index contributed by atoms with van der Waals surface area (Å²) in [6, 6.07) is 9.78. The summed E-state index contributed by atoms with van der Waals surface area (Å²) in [6.07, 6.45) is 3.58. The Balaban J connectivity index is 2.02. The van der Waals surface area contributed by atoms with Crippen LogP contribution in [0.2, 0.25) is 0 Å². The van der Waals surface area contributed by atoms with Gasteiger partial charge in [-0.25, -0.2) is 0 Å². The molecule has 0 bridgehead atoms. The molecule has 2 rings (SSSR count). The summed E-state index contributed by atoms with van der Waals surface area (Å²) in [5, 5.41) is 3.28. The van der Waals surface area contributed by atoms with Crippen molar-refractivity contribution in [1.82, 2.24) is 10.3 Å². The van der Waals surface area contributed by atoms with Gasteiger partial charge in [-0.1, -0.05) is 19.1 Å². The van der Waals surface area contributed by atoms with Crippen molar-refractivity contribution in [1.29, 1.82) is 0 Å². The highest BCUT2D eigenvalue weighted by Crippen LogP contribution is 2.19. The summed E-state index contributed by atoms with van der Waals surface area (Å²) < 4.78 is 11.1. The van der Waals surface area contributed by atoms with Crippen LogP contribution in [0.4, 0.5) is 0 Å². The topological polar surface area (TPSA) is 43.4 Å². The molecule has 0 aliphatic rings. The molecule has 0 aliphatic heterocycles. The Morgan fingerprint density at radius 2 is 2.15 bits per heavy atom. The highest BCUT2D eigenvalue weighted by Gasteiger charge is 2.04. The van der Waals surface area contributed by atoms with Gasteiger partial charge in [0.2, 0.25) is 0 Å². The summed E-state index contributed by atoms with van der Waals surface area (Å²) in [4.78, 5) is 4.14. The summed E-state index contributed by atoms with van der Waals surface area (Å²) in [5.41, 5.74) is 2.15. The lowest BCUT2D eigenvalue weighted by atomic mass is 10.2. The first-order valence-electron chi connectivity index (χ1n) is 6.72. The quantitative estimate of drug-likeness (QED) is 0.841. The predicted molar refractivity (Wildman–Crippen MR) is 78.9 cm³/mol. The van der Waals surface area contributed by atoms with Gasteiger partial charge in [0.15, 0.2) is 0 Å². The van der Waals surface area contributed by atoms with Crippen LogP contribution in [-0.4, -0.2) is 18.6 Å². The van der Waals surface area contributed by atoms with E-state index in [1.54, 1.807) is 13.3 Å². The second-order valence-corrected chi connectivity index (χ2v) is 4.40. The SMILES string of the molecule is CCNCc1cnccc1OCc1cccc(OC)c1. The largest absolute Gasteiger partial charge is 0.497 e. The van der Waals surface area contributed by atoms with E-state index in [0.717, 1.165) is 35.7 Å². The fourth-order valence-electron chi connectivity index (χ4n) is 1.87. The van der Waals surface area contributed by atoms with Gasteiger partial charge in [0.1, 0.15) is 18.1 Å². The lowest BCUT2D eigenvalue weighted by molar-refractivity contribution is 0.301. The third-order valence-corrected chi connectivity index (χ3v) is 2.95. The minimum atomic E-state index is 0.514. The second kappa shape index (κ2) is 7.50. The second-order valence-electron chi connectivity index (χ2n) is 4.40. The van der Waals surface area contributed by atoms with Gasteiger partial charge >= 0.3 is 0 Å². The zero-order valence-corrected chi connectivity index (χ0v) is 11.9. The summed E-state index contributed by atoms with van der Waals surface area (Å²) in [5.74, 6) is 1.71. The highest BCUT2D eigenvalue weighted by atomic mass is 16.5. The number of methoxy groups -OCH3 is 1. The smallest absolute Gasteiger partial charge is 0.127 e. The number of ether oxygens (including phenoxy) is 2. The molecule has 0 saturated heterocycles. The lowest BCUT2D eigenvalue weighted by Crippen LogP contribution is -2.13. The van der Waals surface area contributed by atoms with Crippen LogP contribution in [0, 0.1) is 0 Å². The van der Waals surface area contributed by atoms with Crippen LogP contribution in [0.25, 0.3) is 0 Å². The molecule has 1 aromatic heterocycles. The molecule has 4 heteroatoms. The molecular formula is C16H20N2O2. The molecular weight excluding hydrogens is 252 g/mol. The Morgan fingerprint density at radius 3 is 2.95 bits per heavy atom. The standard InChI is InChI=1S/C16H20N2O2/c1-3-17-10-14-11-18-8-7-16(14)20-12-13-5-4-6-15(9-13)19-2/h4-9,11,17H,3,10,12H2,1-2H3. The average Bonchev–Trinajstić information content (AvgIpc) is 2.52. The minimum Gasteiger partial charge on any atom is -0.497 e. The number of rotatable bonds is 7. The summed E-state index contributed by atoms with van der Waals surface area (Å²) in [7, 11) is 1.66. The van der Waals surface area contributed by atoms with E-state index in [1.807, 2.05) is 36.5 Å². The molecule has 20 heavy (non-hydrogen) atoms. The van der Waals surface area contributed by atoms with Crippen LogP contribution in [0.15, 0.2) is 42.7 Å². The molecule has 1 heterocycles. The predicted octanol–water partition coefficient (Wildman–Crippen LogP) is 2.78. The molecule has 0 radical (unpaired) electrons. The third kappa shape index (κ3) is 3.96. The van der Waals surface area contributed by atoms with Gasteiger partial charge in [-0.2, -0.15) is 0 Å². The van der Waals surface area contributed by atoms with Gasteiger partial charge in [0, 0.05) is 24.5 Å².